The zero-order valence-electron chi connectivity index (χ0n) is 13.0. The van der Waals surface area contributed by atoms with Crippen LogP contribution in [0.15, 0.2) is 24.3 Å². The third kappa shape index (κ3) is 2.87. The van der Waals surface area contributed by atoms with Crippen molar-refractivity contribution in [3.05, 3.63) is 35.4 Å². The molecule has 122 valence electrons. The van der Waals surface area contributed by atoms with Crippen LogP contribution in [0, 0.1) is 0 Å². The van der Waals surface area contributed by atoms with E-state index >= 15 is 0 Å². The number of rotatable bonds is 3. The van der Waals surface area contributed by atoms with Gasteiger partial charge in [0.1, 0.15) is 12.4 Å². The fraction of sp³-hybridized carbons (Fsp3) is 0.412. The minimum Gasteiger partial charge on any atom is -0.467 e. The van der Waals surface area contributed by atoms with Crippen LogP contribution in [0.25, 0.3) is 6.08 Å². The van der Waals surface area contributed by atoms with Crippen molar-refractivity contribution in [2.75, 3.05) is 26.7 Å². The lowest BCUT2D eigenvalue weighted by Crippen LogP contribution is -2.61. The van der Waals surface area contributed by atoms with E-state index in [2.05, 4.69) is 5.32 Å². The quantitative estimate of drug-likeness (QED) is 0.807. The Labute approximate surface area is 134 Å². The highest BCUT2D eigenvalue weighted by atomic mass is 16.5. The summed E-state index contributed by atoms with van der Waals surface area (Å²) in [5.41, 5.74) is 0.645. The number of carbonyl (C=O) groups excluding carboxylic acids is 2. The van der Waals surface area contributed by atoms with Crippen molar-refractivity contribution in [1.29, 1.82) is 0 Å². The number of carbonyl (C=O) groups is 2. The summed E-state index contributed by atoms with van der Waals surface area (Å²) in [4.78, 5) is 25.6. The molecule has 0 bridgehead atoms. The summed E-state index contributed by atoms with van der Waals surface area (Å²) in [5, 5.41) is 12.0. The predicted molar refractivity (Wildman–Crippen MR) is 85.1 cm³/mol. The van der Waals surface area contributed by atoms with Crippen LogP contribution < -0.4 is 10.1 Å². The first kappa shape index (κ1) is 15.7. The van der Waals surface area contributed by atoms with Crippen LogP contribution >= 0.6 is 0 Å². The van der Waals surface area contributed by atoms with E-state index in [-0.39, 0.29) is 11.7 Å². The van der Waals surface area contributed by atoms with Gasteiger partial charge in [0, 0.05) is 33.0 Å². The molecule has 23 heavy (non-hydrogen) atoms. The summed E-state index contributed by atoms with van der Waals surface area (Å²) < 4.78 is 6.18. The molecular weight excluding hydrogens is 296 g/mol. The fourth-order valence-corrected chi connectivity index (χ4v) is 3.04. The first-order chi connectivity index (χ1) is 11.1. The van der Waals surface area contributed by atoms with Gasteiger partial charge in [0.2, 0.25) is 0 Å². The Morgan fingerprint density at radius 1 is 1.43 bits per heavy atom. The summed E-state index contributed by atoms with van der Waals surface area (Å²) in [6.45, 7) is 1.11. The Balaban J connectivity index is 1.91. The van der Waals surface area contributed by atoms with Gasteiger partial charge in [-0.3, -0.25) is 9.59 Å². The smallest absolute Gasteiger partial charge is 0.260 e. The van der Waals surface area contributed by atoms with E-state index in [0.717, 1.165) is 31.5 Å². The lowest BCUT2D eigenvalue weighted by atomic mass is 9.95. The van der Waals surface area contributed by atoms with E-state index in [0.29, 0.717) is 11.3 Å². The molecule has 1 aromatic carbocycles. The van der Waals surface area contributed by atoms with E-state index in [4.69, 9.17) is 9.84 Å². The van der Waals surface area contributed by atoms with Gasteiger partial charge in [-0.15, -0.1) is 0 Å². The molecule has 1 saturated heterocycles. The fourth-order valence-electron chi connectivity index (χ4n) is 3.04. The molecule has 2 aliphatic rings. The average molecular weight is 316 g/mol. The number of amides is 1. The van der Waals surface area contributed by atoms with Crippen LogP contribution in [0.3, 0.4) is 0 Å². The third-order valence-corrected chi connectivity index (χ3v) is 4.45. The molecule has 3 rings (SSSR count). The zero-order valence-corrected chi connectivity index (χ0v) is 13.0. The molecule has 0 aliphatic carbocycles. The van der Waals surface area contributed by atoms with Crippen molar-refractivity contribution >= 4 is 17.8 Å². The van der Waals surface area contributed by atoms with Gasteiger partial charge in [0.05, 0.1) is 5.56 Å². The van der Waals surface area contributed by atoms with Gasteiger partial charge in [0.15, 0.2) is 11.5 Å². The van der Waals surface area contributed by atoms with Crippen LogP contribution in [0.4, 0.5) is 0 Å². The molecule has 0 saturated carbocycles. The van der Waals surface area contributed by atoms with E-state index in [9.17, 15) is 9.59 Å². The second kappa shape index (κ2) is 6.14. The van der Waals surface area contributed by atoms with Crippen molar-refractivity contribution in [3.63, 3.8) is 0 Å². The molecule has 0 unspecified atom stereocenters. The highest BCUT2D eigenvalue weighted by Gasteiger charge is 2.45. The van der Waals surface area contributed by atoms with Crippen LogP contribution in [0.2, 0.25) is 0 Å². The number of piperidine rings is 1. The summed E-state index contributed by atoms with van der Waals surface area (Å²) in [5.74, 6) is 0.133. The molecule has 2 aliphatic heterocycles. The Hall–Kier alpha value is -2.18. The number of ketones is 1. The maximum Gasteiger partial charge on any atom is 0.260 e. The minimum absolute atomic E-state index is 0.0723. The first-order valence-electron chi connectivity index (χ1n) is 7.69. The second-order valence-corrected chi connectivity index (χ2v) is 5.88. The molecule has 1 fully saturated rings. The van der Waals surface area contributed by atoms with Gasteiger partial charge >= 0.3 is 0 Å². The van der Waals surface area contributed by atoms with Crippen molar-refractivity contribution < 1.29 is 19.4 Å². The Kier molecular flexibility index (Phi) is 4.19. The second-order valence-electron chi connectivity index (χ2n) is 5.88. The maximum absolute atomic E-state index is 12.7. The summed E-state index contributed by atoms with van der Waals surface area (Å²) in [6, 6.07) is 5.28. The molecule has 1 spiro atoms. The number of ether oxygens (including phenoxy) is 1. The SMILES string of the molecule is CN1C(=O)c2cc(/C=C/C(=O)CO)ccc2OC12CCNCC2. The van der Waals surface area contributed by atoms with Gasteiger partial charge in [0.25, 0.3) is 5.91 Å². The predicted octanol–water partition coefficient (Wildman–Crippen LogP) is 0.805. The minimum atomic E-state index is -0.570. The van der Waals surface area contributed by atoms with Gasteiger partial charge in [-0.2, -0.15) is 0 Å². The number of benzene rings is 1. The molecule has 6 heteroatoms. The lowest BCUT2D eigenvalue weighted by molar-refractivity contribution is -0.117. The van der Waals surface area contributed by atoms with Crippen molar-refractivity contribution in [1.82, 2.24) is 10.2 Å². The number of nitrogens with one attached hydrogen (secondary N) is 1. The number of fused-ring (bicyclic) bond motifs is 1. The molecule has 1 aromatic rings. The molecule has 2 N–H and O–H groups in total. The Morgan fingerprint density at radius 3 is 2.87 bits per heavy atom. The molecular formula is C17H20N2O4. The van der Waals surface area contributed by atoms with E-state index in [1.165, 1.54) is 6.08 Å². The van der Waals surface area contributed by atoms with Gasteiger partial charge in [-0.25, -0.2) is 0 Å². The molecule has 2 heterocycles. The molecule has 1 amide bonds. The van der Waals surface area contributed by atoms with E-state index in [1.807, 2.05) is 0 Å². The third-order valence-electron chi connectivity index (χ3n) is 4.45. The van der Waals surface area contributed by atoms with Crippen molar-refractivity contribution in [2.45, 2.75) is 18.6 Å². The standard InChI is InChI=1S/C17H20N2O4/c1-19-16(22)14-10-12(2-4-13(21)11-20)3-5-15(14)23-17(19)6-8-18-9-7-17/h2-5,10,18,20H,6-9,11H2,1H3/b4-2+. The first-order valence-corrected chi connectivity index (χ1v) is 7.69. The van der Waals surface area contributed by atoms with Gasteiger partial charge in [-0.05, 0) is 23.8 Å². The number of hydrogen-bond donors (Lipinski definition) is 2. The normalized spacial score (nSPS) is 19.7. The number of hydrogen-bond acceptors (Lipinski definition) is 5. The highest BCUT2D eigenvalue weighted by Crippen LogP contribution is 2.37. The van der Waals surface area contributed by atoms with Crippen LogP contribution in [0.5, 0.6) is 5.75 Å². The molecule has 0 radical (unpaired) electrons. The maximum atomic E-state index is 12.7. The van der Waals surface area contributed by atoms with Gasteiger partial charge < -0.3 is 20.1 Å². The summed E-state index contributed by atoms with van der Waals surface area (Å²) in [7, 11) is 1.77. The van der Waals surface area contributed by atoms with E-state index < -0.39 is 12.3 Å². The Morgan fingerprint density at radius 2 is 2.17 bits per heavy atom. The van der Waals surface area contributed by atoms with Crippen molar-refractivity contribution in [2.24, 2.45) is 0 Å². The monoisotopic (exact) mass is 316 g/mol. The molecule has 0 atom stereocenters. The van der Waals surface area contributed by atoms with Crippen LogP contribution in [-0.2, 0) is 4.79 Å². The number of aliphatic hydroxyl groups is 1. The van der Waals surface area contributed by atoms with E-state index in [1.54, 1.807) is 36.2 Å². The largest absolute Gasteiger partial charge is 0.467 e. The van der Waals surface area contributed by atoms with Crippen LogP contribution in [-0.4, -0.2) is 54.2 Å². The van der Waals surface area contributed by atoms with Crippen LogP contribution in [0.1, 0.15) is 28.8 Å². The highest BCUT2D eigenvalue weighted by molar-refractivity contribution is 5.99. The zero-order chi connectivity index (χ0) is 16.4. The summed E-state index contributed by atoms with van der Waals surface area (Å²) in [6.07, 6.45) is 4.39. The lowest BCUT2D eigenvalue weighted by Gasteiger charge is -2.47. The average Bonchev–Trinajstić information content (AvgIpc) is 2.59. The molecule has 6 nitrogen and oxygen atoms in total. The topological polar surface area (TPSA) is 78.9 Å². The number of nitrogens with zero attached hydrogens (tertiary/aromatic N) is 1. The Bertz CT molecular complexity index is 663. The summed E-state index contributed by atoms with van der Waals surface area (Å²) >= 11 is 0. The molecule has 0 aromatic heterocycles. The van der Waals surface area contributed by atoms with Gasteiger partial charge in [-0.1, -0.05) is 12.1 Å². The number of aliphatic hydroxyl groups excluding tert-OH is 1. The van der Waals surface area contributed by atoms with Crippen molar-refractivity contribution in [3.8, 4) is 5.75 Å².